The molecule has 2 aromatic carbocycles. The van der Waals surface area contributed by atoms with Crippen LogP contribution in [0.3, 0.4) is 0 Å². The molecule has 0 fully saturated rings. The number of aryl methyl sites for hydroxylation is 1. The Morgan fingerprint density at radius 3 is 1.76 bits per heavy atom. The maximum absolute atomic E-state index is 11.0. The maximum atomic E-state index is 11.0. The van der Waals surface area contributed by atoms with Gasteiger partial charge in [0, 0.05) is 36.4 Å². The first-order valence-corrected chi connectivity index (χ1v) is 11.6. The summed E-state index contributed by atoms with van der Waals surface area (Å²) in [6.07, 6.45) is 7.49. The average Bonchev–Trinajstić information content (AvgIpc) is 2.79. The third-order valence-electron chi connectivity index (χ3n) is 4.82. The van der Waals surface area contributed by atoms with E-state index in [2.05, 4.69) is 0 Å². The van der Waals surface area contributed by atoms with Gasteiger partial charge in [-0.05, 0) is 35.4 Å². The number of para-hydroxylation sites is 1. The molecule has 0 unspecified atom stereocenters. The van der Waals surface area contributed by atoms with Crippen molar-refractivity contribution >= 4 is 7.60 Å². The number of rotatable bonds is 7. The van der Waals surface area contributed by atoms with Crippen molar-refractivity contribution in [3.05, 3.63) is 104 Å². The number of halogens is 2. The number of benzene rings is 2. The molecular weight excluding hydrogens is 482 g/mol. The average molecular weight is 505 g/mol. The fraction of sp³-hybridized carbons (Fsp3) is 0.0833. The summed E-state index contributed by atoms with van der Waals surface area (Å²) in [5.41, 5.74) is 3.11. The molecule has 0 atom stereocenters. The molecule has 0 saturated heterocycles. The fourth-order valence-corrected chi connectivity index (χ4v) is 3.64. The lowest BCUT2D eigenvalue weighted by molar-refractivity contribution is -0.692. The van der Waals surface area contributed by atoms with Crippen molar-refractivity contribution in [1.82, 2.24) is 0 Å². The Bertz CT molecular complexity index is 1180. The molecular formula is C24H23Cl2N2O4P. The second-order valence-electron chi connectivity index (χ2n) is 7.12. The van der Waals surface area contributed by atoms with Gasteiger partial charge in [0.25, 0.3) is 0 Å². The van der Waals surface area contributed by atoms with Crippen molar-refractivity contribution in [1.29, 1.82) is 0 Å². The summed E-state index contributed by atoms with van der Waals surface area (Å²) in [5.74, 6) is 1.58. The molecule has 0 saturated carbocycles. The Hall–Kier alpha value is -2.73. The lowest BCUT2D eigenvalue weighted by Gasteiger charge is -2.05. The number of pyridine rings is 2. The fourth-order valence-electron chi connectivity index (χ4n) is 3.15. The predicted molar refractivity (Wildman–Crippen MR) is 117 cm³/mol. The minimum atomic E-state index is -3.99. The molecule has 0 aliphatic carbocycles. The van der Waals surface area contributed by atoms with Gasteiger partial charge in [-0.1, -0.05) is 18.2 Å². The summed E-state index contributed by atoms with van der Waals surface area (Å²) in [6, 6.07) is 25.5. The third kappa shape index (κ3) is 7.67. The van der Waals surface area contributed by atoms with E-state index in [4.69, 9.17) is 14.5 Å². The Morgan fingerprint density at radius 2 is 1.21 bits per heavy atom. The molecule has 0 aliphatic rings. The minimum Gasteiger partial charge on any atom is -1.00 e. The van der Waals surface area contributed by atoms with E-state index in [0.717, 1.165) is 28.3 Å². The van der Waals surface area contributed by atoms with Crippen LogP contribution in [0.5, 0.6) is 11.5 Å². The summed E-state index contributed by atoms with van der Waals surface area (Å²) in [4.78, 5) is 18.0. The highest BCUT2D eigenvalue weighted by Crippen LogP contribution is 2.33. The van der Waals surface area contributed by atoms with Crippen LogP contribution in [0.25, 0.3) is 16.8 Å². The van der Waals surface area contributed by atoms with E-state index in [1.165, 1.54) is 0 Å². The molecule has 9 heteroatoms. The van der Waals surface area contributed by atoms with Gasteiger partial charge in [0.15, 0.2) is 31.3 Å². The normalized spacial score (nSPS) is 10.6. The molecule has 172 valence electrons. The number of ether oxygens (including phenoxy) is 1. The van der Waals surface area contributed by atoms with Gasteiger partial charge in [0.2, 0.25) is 5.69 Å². The third-order valence-corrected chi connectivity index (χ3v) is 5.60. The molecule has 2 heterocycles. The lowest BCUT2D eigenvalue weighted by atomic mass is 10.1. The van der Waals surface area contributed by atoms with E-state index >= 15 is 0 Å². The molecule has 0 aliphatic heterocycles. The van der Waals surface area contributed by atoms with E-state index in [-0.39, 0.29) is 37.5 Å². The molecule has 4 rings (SSSR count). The molecule has 2 N–H and O–H groups in total. The summed E-state index contributed by atoms with van der Waals surface area (Å²) >= 11 is 0. The van der Waals surface area contributed by atoms with Gasteiger partial charge in [0.05, 0.1) is 0 Å². The van der Waals surface area contributed by atoms with Crippen molar-refractivity contribution < 1.29 is 53.0 Å². The topological polar surface area (TPSA) is 74.5 Å². The molecule has 0 spiro atoms. The molecule has 33 heavy (non-hydrogen) atoms. The minimum absolute atomic E-state index is 0. The van der Waals surface area contributed by atoms with Crippen LogP contribution in [0.15, 0.2) is 104 Å². The molecule has 0 radical (unpaired) electrons. The van der Waals surface area contributed by atoms with Gasteiger partial charge in [-0.2, -0.15) is 4.57 Å². The SMILES string of the molecule is O=P(O)(O)CC[n+]1ccc(-c2cc[n+](-c3ccc(Oc4ccccc4)cc3)cc2)cc1.[Cl-].[Cl-]. The smallest absolute Gasteiger partial charge is 0.331 e. The van der Waals surface area contributed by atoms with E-state index in [9.17, 15) is 4.57 Å². The molecule has 0 amide bonds. The monoisotopic (exact) mass is 504 g/mol. The van der Waals surface area contributed by atoms with Crippen molar-refractivity contribution in [2.45, 2.75) is 6.54 Å². The van der Waals surface area contributed by atoms with Crippen molar-refractivity contribution in [3.8, 4) is 28.3 Å². The zero-order valence-corrected chi connectivity index (χ0v) is 19.9. The molecule has 0 bridgehead atoms. The van der Waals surface area contributed by atoms with Gasteiger partial charge in [-0.15, -0.1) is 0 Å². The summed E-state index contributed by atoms with van der Waals surface area (Å²) in [6.45, 7) is 0.281. The van der Waals surface area contributed by atoms with Crippen LogP contribution in [-0.2, 0) is 11.1 Å². The Morgan fingerprint density at radius 1 is 0.697 bits per heavy atom. The Balaban J connectivity index is 0.00000193. The van der Waals surface area contributed by atoms with Crippen LogP contribution in [0.2, 0.25) is 0 Å². The summed E-state index contributed by atoms with van der Waals surface area (Å²) in [7, 11) is -3.99. The van der Waals surface area contributed by atoms with E-state index in [1.54, 1.807) is 4.57 Å². The van der Waals surface area contributed by atoms with Crippen LogP contribution in [0.4, 0.5) is 0 Å². The first-order chi connectivity index (χ1) is 15.0. The van der Waals surface area contributed by atoms with Crippen molar-refractivity contribution in [2.24, 2.45) is 0 Å². The first kappa shape index (κ1) is 26.5. The molecule has 2 aromatic heterocycles. The van der Waals surface area contributed by atoms with Crippen molar-refractivity contribution in [2.75, 3.05) is 6.16 Å². The van der Waals surface area contributed by atoms with E-state index in [0.29, 0.717) is 0 Å². The second-order valence-corrected chi connectivity index (χ2v) is 8.89. The van der Waals surface area contributed by atoms with Crippen LogP contribution in [0, 0.1) is 0 Å². The number of nitrogens with zero attached hydrogens (tertiary/aromatic N) is 2. The molecule has 6 nitrogen and oxygen atoms in total. The Kier molecular flexibility index (Phi) is 9.59. The highest BCUT2D eigenvalue weighted by molar-refractivity contribution is 7.51. The highest BCUT2D eigenvalue weighted by atomic mass is 35.5. The largest absolute Gasteiger partial charge is 1.00 e. The lowest BCUT2D eigenvalue weighted by Crippen LogP contribution is -3.00. The zero-order chi connectivity index (χ0) is 21.7. The standard InChI is InChI=1S/C24H21N2O4P.2ClH/c27-31(28,29)19-18-25-14-10-20(11-15-25)21-12-16-26(17-13-21)22-6-8-24(9-7-22)30-23-4-2-1-3-5-23;;/h1-17H,18-19H2;2*1H. The van der Waals surface area contributed by atoms with Crippen LogP contribution in [-0.4, -0.2) is 15.9 Å². The predicted octanol–water partition coefficient (Wildman–Crippen LogP) is -2.10. The first-order valence-electron chi connectivity index (χ1n) is 9.85. The maximum Gasteiger partial charge on any atom is 0.331 e. The number of hydrogen-bond acceptors (Lipinski definition) is 2. The number of aromatic nitrogens is 2. The Labute approximate surface area is 205 Å². The van der Waals surface area contributed by atoms with E-state index < -0.39 is 7.60 Å². The van der Waals surface area contributed by atoms with Crippen molar-refractivity contribution in [3.63, 3.8) is 0 Å². The number of hydrogen-bond donors (Lipinski definition) is 2. The van der Waals surface area contributed by atoms with Gasteiger partial charge in [0.1, 0.15) is 17.7 Å². The quantitative estimate of drug-likeness (QED) is 0.223. The van der Waals surface area contributed by atoms with Gasteiger partial charge < -0.3 is 39.3 Å². The van der Waals surface area contributed by atoms with Crippen LogP contribution >= 0.6 is 7.60 Å². The summed E-state index contributed by atoms with van der Waals surface area (Å²) in [5, 5.41) is 0. The van der Waals surface area contributed by atoms with Gasteiger partial charge in [-0.3, -0.25) is 4.57 Å². The highest BCUT2D eigenvalue weighted by Gasteiger charge is 2.16. The van der Waals surface area contributed by atoms with Crippen LogP contribution < -0.4 is 38.7 Å². The van der Waals surface area contributed by atoms with Crippen LogP contribution in [0.1, 0.15) is 0 Å². The van der Waals surface area contributed by atoms with E-state index in [1.807, 2.05) is 108 Å². The van der Waals surface area contributed by atoms with Gasteiger partial charge in [-0.25, -0.2) is 4.57 Å². The molecule has 4 aromatic rings. The second kappa shape index (κ2) is 11.9. The zero-order valence-electron chi connectivity index (χ0n) is 17.5. The van der Waals surface area contributed by atoms with Gasteiger partial charge >= 0.3 is 7.60 Å². The summed E-state index contributed by atoms with van der Waals surface area (Å²) < 4.78 is 20.6.